The number of anilines is 1. The quantitative estimate of drug-likeness (QED) is 0.815. The molecule has 3 N–H and O–H groups in total. The van der Waals surface area contributed by atoms with Crippen LogP contribution in [0.25, 0.3) is 0 Å². The molecule has 0 fully saturated rings. The molecule has 100 valence electrons. The molecule has 1 rings (SSSR count). The van der Waals surface area contributed by atoms with Crippen molar-refractivity contribution in [2.45, 2.75) is 11.3 Å². The number of nitrogens with two attached hydrogens (primary N) is 1. The molecule has 18 heavy (non-hydrogen) atoms. The van der Waals surface area contributed by atoms with Gasteiger partial charge in [0, 0.05) is 7.11 Å². The molecule has 1 aromatic carbocycles. The van der Waals surface area contributed by atoms with Crippen LogP contribution in [0.4, 0.5) is 10.1 Å². The number of benzene rings is 1. The lowest BCUT2D eigenvalue weighted by Crippen LogP contribution is -2.16. The molecule has 0 saturated carbocycles. The fourth-order valence-electron chi connectivity index (χ4n) is 1.18. The number of methoxy groups -OCH3 is 1. The predicted molar refractivity (Wildman–Crippen MR) is 62.9 cm³/mol. The lowest BCUT2D eigenvalue weighted by molar-refractivity contribution is -0.117. The van der Waals surface area contributed by atoms with Gasteiger partial charge in [0.1, 0.15) is 5.82 Å². The topological polar surface area (TPSA) is 98.5 Å². The Labute approximate surface area is 104 Å². The first kappa shape index (κ1) is 14.6. The van der Waals surface area contributed by atoms with E-state index < -0.39 is 21.7 Å². The van der Waals surface area contributed by atoms with Crippen LogP contribution in [-0.2, 0) is 19.6 Å². The SMILES string of the molecule is COCCC(=O)Nc1ccc(S(N)(=O)=O)cc1F. The zero-order chi connectivity index (χ0) is 13.8. The van der Waals surface area contributed by atoms with Crippen LogP contribution >= 0.6 is 0 Å². The number of hydrogen-bond donors (Lipinski definition) is 2. The Kier molecular flexibility index (Phi) is 4.76. The van der Waals surface area contributed by atoms with E-state index in [0.29, 0.717) is 0 Å². The summed E-state index contributed by atoms with van der Waals surface area (Å²) in [5, 5.41) is 7.14. The molecule has 0 saturated heterocycles. The molecule has 0 aliphatic rings. The van der Waals surface area contributed by atoms with Gasteiger partial charge < -0.3 is 10.1 Å². The summed E-state index contributed by atoms with van der Waals surface area (Å²) in [5.41, 5.74) is -0.108. The second kappa shape index (κ2) is 5.89. The highest BCUT2D eigenvalue weighted by atomic mass is 32.2. The fourth-order valence-corrected chi connectivity index (χ4v) is 1.71. The lowest BCUT2D eigenvalue weighted by atomic mass is 10.3. The Bertz CT molecular complexity index is 545. The molecule has 0 heterocycles. The molecular formula is C10H13FN2O4S. The van der Waals surface area contributed by atoms with Crippen LogP contribution in [-0.4, -0.2) is 28.0 Å². The van der Waals surface area contributed by atoms with Gasteiger partial charge in [0.25, 0.3) is 0 Å². The maximum absolute atomic E-state index is 13.5. The highest BCUT2D eigenvalue weighted by Gasteiger charge is 2.12. The number of sulfonamides is 1. The summed E-state index contributed by atoms with van der Waals surface area (Å²) in [6.07, 6.45) is 0.0763. The van der Waals surface area contributed by atoms with Crippen LogP contribution in [0.3, 0.4) is 0 Å². The first-order chi connectivity index (χ1) is 8.34. The van der Waals surface area contributed by atoms with Crippen molar-refractivity contribution in [1.82, 2.24) is 0 Å². The number of hydrogen-bond acceptors (Lipinski definition) is 4. The molecule has 0 unspecified atom stereocenters. The highest BCUT2D eigenvalue weighted by molar-refractivity contribution is 7.89. The van der Waals surface area contributed by atoms with E-state index >= 15 is 0 Å². The van der Waals surface area contributed by atoms with E-state index in [9.17, 15) is 17.6 Å². The van der Waals surface area contributed by atoms with E-state index in [-0.39, 0.29) is 23.6 Å². The number of carbonyl (C=O) groups is 1. The zero-order valence-electron chi connectivity index (χ0n) is 9.64. The van der Waals surface area contributed by atoms with Crippen LogP contribution in [0.1, 0.15) is 6.42 Å². The number of carbonyl (C=O) groups excluding carboxylic acids is 1. The average Bonchev–Trinajstić information content (AvgIpc) is 2.27. The average molecular weight is 276 g/mol. The summed E-state index contributed by atoms with van der Waals surface area (Å²) in [5.74, 6) is -1.30. The Morgan fingerprint density at radius 2 is 2.17 bits per heavy atom. The van der Waals surface area contributed by atoms with E-state index in [1.165, 1.54) is 7.11 Å². The molecule has 0 radical (unpaired) electrons. The molecule has 0 aliphatic carbocycles. The molecule has 8 heteroatoms. The van der Waals surface area contributed by atoms with Gasteiger partial charge in [0.05, 0.1) is 23.6 Å². The molecular weight excluding hydrogens is 263 g/mol. The van der Waals surface area contributed by atoms with Gasteiger partial charge in [-0.3, -0.25) is 4.79 Å². The molecule has 0 aromatic heterocycles. The largest absolute Gasteiger partial charge is 0.384 e. The van der Waals surface area contributed by atoms with Gasteiger partial charge in [-0.1, -0.05) is 0 Å². The third-order valence-electron chi connectivity index (χ3n) is 2.08. The second-order valence-electron chi connectivity index (χ2n) is 3.48. The molecule has 0 aliphatic heterocycles. The molecule has 1 aromatic rings. The van der Waals surface area contributed by atoms with Crippen molar-refractivity contribution in [3.05, 3.63) is 24.0 Å². The summed E-state index contributed by atoms with van der Waals surface area (Å²) >= 11 is 0. The van der Waals surface area contributed by atoms with E-state index in [4.69, 9.17) is 9.88 Å². The molecule has 6 nitrogen and oxygen atoms in total. The van der Waals surface area contributed by atoms with Crippen molar-refractivity contribution >= 4 is 21.6 Å². The van der Waals surface area contributed by atoms with Gasteiger partial charge in [0.15, 0.2) is 0 Å². The van der Waals surface area contributed by atoms with Crippen molar-refractivity contribution in [1.29, 1.82) is 0 Å². The van der Waals surface area contributed by atoms with Crippen molar-refractivity contribution in [3.63, 3.8) is 0 Å². The predicted octanol–water partition coefficient (Wildman–Crippen LogP) is 0.448. The number of nitrogens with one attached hydrogen (secondary N) is 1. The number of primary sulfonamides is 1. The summed E-state index contributed by atoms with van der Waals surface area (Å²) in [6, 6.07) is 3.01. The van der Waals surface area contributed by atoms with Crippen LogP contribution in [0.2, 0.25) is 0 Å². The van der Waals surface area contributed by atoms with Gasteiger partial charge >= 0.3 is 0 Å². The summed E-state index contributed by atoms with van der Waals surface area (Å²) in [4.78, 5) is 11.0. The van der Waals surface area contributed by atoms with Gasteiger partial charge in [-0.05, 0) is 18.2 Å². The van der Waals surface area contributed by atoms with Crippen LogP contribution in [0.5, 0.6) is 0 Å². The third-order valence-corrected chi connectivity index (χ3v) is 2.99. The van der Waals surface area contributed by atoms with Crippen LogP contribution in [0.15, 0.2) is 23.1 Å². The monoisotopic (exact) mass is 276 g/mol. The smallest absolute Gasteiger partial charge is 0.238 e. The first-order valence-corrected chi connectivity index (χ1v) is 6.50. The summed E-state index contributed by atoms with van der Waals surface area (Å²) < 4.78 is 40.1. The standard InChI is InChI=1S/C10H13FN2O4S/c1-17-5-4-10(14)13-9-3-2-7(6-8(9)11)18(12,15)16/h2-3,6H,4-5H2,1H3,(H,13,14)(H2,12,15,16). The summed E-state index contributed by atoms with van der Waals surface area (Å²) in [6.45, 7) is 0.211. The van der Waals surface area contributed by atoms with Gasteiger partial charge in [-0.15, -0.1) is 0 Å². The number of halogens is 1. The van der Waals surface area contributed by atoms with Gasteiger partial charge in [0.2, 0.25) is 15.9 Å². The van der Waals surface area contributed by atoms with E-state index in [1.807, 2.05) is 0 Å². The van der Waals surface area contributed by atoms with E-state index in [1.54, 1.807) is 0 Å². The minimum absolute atomic E-state index is 0.0763. The van der Waals surface area contributed by atoms with E-state index in [0.717, 1.165) is 18.2 Å². The maximum Gasteiger partial charge on any atom is 0.238 e. The van der Waals surface area contributed by atoms with Gasteiger partial charge in [-0.25, -0.2) is 17.9 Å². The van der Waals surface area contributed by atoms with Gasteiger partial charge in [-0.2, -0.15) is 0 Å². The normalized spacial score (nSPS) is 11.3. The van der Waals surface area contributed by atoms with Crippen LogP contribution < -0.4 is 10.5 Å². The van der Waals surface area contributed by atoms with Crippen molar-refractivity contribution < 1.29 is 22.3 Å². The molecule has 0 bridgehead atoms. The Balaban J connectivity index is 2.84. The highest BCUT2D eigenvalue weighted by Crippen LogP contribution is 2.18. The fraction of sp³-hybridized carbons (Fsp3) is 0.300. The minimum atomic E-state index is -3.96. The molecule has 1 amide bonds. The Morgan fingerprint density at radius 3 is 2.67 bits per heavy atom. The molecule has 0 spiro atoms. The van der Waals surface area contributed by atoms with Crippen molar-refractivity contribution in [3.8, 4) is 0 Å². The maximum atomic E-state index is 13.5. The Hall–Kier alpha value is -1.51. The van der Waals surface area contributed by atoms with E-state index in [2.05, 4.69) is 5.32 Å². The number of ether oxygens (including phenoxy) is 1. The Morgan fingerprint density at radius 1 is 1.50 bits per heavy atom. The lowest BCUT2D eigenvalue weighted by Gasteiger charge is -2.07. The third kappa shape index (κ3) is 4.06. The number of amides is 1. The number of rotatable bonds is 5. The second-order valence-corrected chi connectivity index (χ2v) is 5.04. The van der Waals surface area contributed by atoms with Crippen molar-refractivity contribution in [2.24, 2.45) is 5.14 Å². The minimum Gasteiger partial charge on any atom is -0.384 e. The van der Waals surface area contributed by atoms with Crippen molar-refractivity contribution in [2.75, 3.05) is 19.0 Å². The summed E-state index contributed by atoms with van der Waals surface area (Å²) in [7, 11) is -2.52. The zero-order valence-corrected chi connectivity index (χ0v) is 10.5. The van der Waals surface area contributed by atoms with Crippen LogP contribution in [0, 0.1) is 5.82 Å². The first-order valence-electron chi connectivity index (χ1n) is 4.95. The molecule has 0 atom stereocenters.